The molecule has 2 heteroatoms. The van der Waals surface area contributed by atoms with E-state index in [4.69, 9.17) is 4.74 Å². The Bertz CT molecular complexity index is 255. The first kappa shape index (κ1) is 8.82. The minimum Gasteiger partial charge on any atom is -0.461 e. The third kappa shape index (κ3) is 2.77. The first-order chi connectivity index (χ1) is 5.83. The van der Waals surface area contributed by atoms with Crippen molar-refractivity contribution in [3.05, 3.63) is 29.5 Å². The van der Waals surface area contributed by atoms with E-state index in [1.807, 2.05) is 18.2 Å². The fourth-order valence-electron chi connectivity index (χ4n) is 0.870. The van der Waals surface area contributed by atoms with Gasteiger partial charge < -0.3 is 4.74 Å². The van der Waals surface area contributed by atoms with Gasteiger partial charge in [-0.15, -0.1) is 5.73 Å². The molecule has 1 aliphatic rings. The van der Waals surface area contributed by atoms with E-state index in [1.165, 1.54) is 0 Å². The summed E-state index contributed by atoms with van der Waals surface area (Å²) < 4.78 is 4.94. The first-order valence-corrected chi connectivity index (χ1v) is 4.08. The number of hydrogen-bond donors (Lipinski definition) is 0. The summed E-state index contributed by atoms with van der Waals surface area (Å²) in [6, 6.07) is 0. The van der Waals surface area contributed by atoms with Gasteiger partial charge in [-0.1, -0.05) is 13.0 Å². The fraction of sp³-hybridized carbons (Fsp3) is 0.400. The Morgan fingerprint density at radius 2 is 2.58 bits per heavy atom. The van der Waals surface area contributed by atoms with Gasteiger partial charge >= 0.3 is 5.97 Å². The van der Waals surface area contributed by atoms with Crippen molar-refractivity contribution in [2.45, 2.75) is 19.8 Å². The molecule has 0 amide bonds. The summed E-state index contributed by atoms with van der Waals surface area (Å²) in [6.07, 6.45) is 7.12. The molecule has 1 rings (SSSR count). The van der Waals surface area contributed by atoms with Crippen molar-refractivity contribution in [2.75, 3.05) is 6.61 Å². The van der Waals surface area contributed by atoms with E-state index in [-0.39, 0.29) is 5.97 Å². The maximum Gasteiger partial charge on any atom is 0.305 e. The smallest absolute Gasteiger partial charge is 0.305 e. The minimum absolute atomic E-state index is 0.154. The summed E-state index contributed by atoms with van der Waals surface area (Å²) in [5, 5.41) is 0. The molecule has 0 aromatic heterocycles. The topological polar surface area (TPSA) is 26.3 Å². The second kappa shape index (κ2) is 4.58. The van der Waals surface area contributed by atoms with Gasteiger partial charge in [-0.3, -0.25) is 4.79 Å². The maximum absolute atomic E-state index is 10.8. The average Bonchev–Trinajstić information content (AvgIpc) is 2.16. The summed E-state index contributed by atoms with van der Waals surface area (Å²) in [5.74, 6) is -0.154. The van der Waals surface area contributed by atoms with Crippen LogP contribution in [0.15, 0.2) is 29.5 Å². The highest BCUT2D eigenvalue weighted by Gasteiger charge is 2.00. The maximum atomic E-state index is 10.8. The summed E-state index contributed by atoms with van der Waals surface area (Å²) in [7, 11) is 0. The molecule has 0 N–H and O–H groups in total. The Morgan fingerprint density at radius 3 is 3.17 bits per heavy atom. The van der Waals surface area contributed by atoms with E-state index in [2.05, 4.69) is 5.73 Å². The van der Waals surface area contributed by atoms with Crippen LogP contribution in [0.2, 0.25) is 0 Å². The first-order valence-electron chi connectivity index (χ1n) is 4.08. The van der Waals surface area contributed by atoms with Gasteiger partial charge in [-0.05, 0) is 24.1 Å². The number of carbonyl (C=O) groups excluding carboxylic acids is 1. The molecule has 0 fully saturated rings. The van der Waals surface area contributed by atoms with Crippen molar-refractivity contribution in [3.8, 4) is 0 Å². The molecule has 12 heavy (non-hydrogen) atoms. The van der Waals surface area contributed by atoms with Crippen molar-refractivity contribution in [1.29, 1.82) is 0 Å². The van der Waals surface area contributed by atoms with Crippen LogP contribution in [0.4, 0.5) is 0 Å². The highest BCUT2D eigenvalue weighted by atomic mass is 16.5. The molecule has 0 spiro atoms. The molecule has 2 nitrogen and oxygen atoms in total. The number of allylic oxidation sites excluding steroid dienone is 1. The Morgan fingerprint density at radius 1 is 1.75 bits per heavy atom. The molecule has 0 saturated carbocycles. The van der Waals surface area contributed by atoms with Gasteiger partial charge in [0, 0.05) is 6.42 Å². The Hall–Kier alpha value is -1.27. The predicted octanol–water partition coefficient (Wildman–Crippen LogP) is 1.98. The Labute approximate surface area is 72.2 Å². The van der Waals surface area contributed by atoms with Crippen molar-refractivity contribution < 1.29 is 9.53 Å². The number of hydrogen-bond acceptors (Lipinski definition) is 2. The second-order valence-electron chi connectivity index (χ2n) is 2.54. The molecule has 64 valence electrons. The normalized spacial score (nSPS) is 14.2. The quantitative estimate of drug-likeness (QED) is 0.471. The van der Waals surface area contributed by atoms with Crippen molar-refractivity contribution in [3.63, 3.8) is 0 Å². The van der Waals surface area contributed by atoms with E-state index in [9.17, 15) is 4.79 Å². The second-order valence-corrected chi connectivity index (χ2v) is 2.54. The lowest BCUT2D eigenvalue weighted by atomic mass is 10.1. The predicted molar refractivity (Wildman–Crippen MR) is 46.6 cm³/mol. The van der Waals surface area contributed by atoms with Gasteiger partial charge in [0.05, 0.1) is 0 Å². The lowest BCUT2D eigenvalue weighted by Gasteiger charge is -2.04. The van der Waals surface area contributed by atoms with Crippen LogP contribution in [0.3, 0.4) is 0 Å². The molecule has 0 atom stereocenters. The molecule has 0 unspecified atom stereocenters. The van der Waals surface area contributed by atoms with E-state index < -0.39 is 0 Å². The summed E-state index contributed by atoms with van der Waals surface area (Å²) in [4.78, 5) is 10.8. The van der Waals surface area contributed by atoms with Gasteiger partial charge in [-0.25, -0.2) is 0 Å². The monoisotopic (exact) mass is 164 g/mol. The molecular weight excluding hydrogens is 152 g/mol. The standard InChI is InChI=1S/C10H12O2/c1-2-10(11)12-8-9-6-4-3-5-7-9/h3,6-7H,2,4,8H2,1H3. The fourth-order valence-corrected chi connectivity index (χ4v) is 0.870. The molecule has 0 radical (unpaired) electrons. The van der Waals surface area contributed by atoms with Gasteiger partial charge in [0.25, 0.3) is 0 Å². The number of ether oxygens (including phenoxy) is 1. The number of carbonyl (C=O) groups is 1. The van der Waals surface area contributed by atoms with Gasteiger partial charge in [0.15, 0.2) is 0 Å². The van der Waals surface area contributed by atoms with E-state index in [0.29, 0.717) is 13.0 Å². The van der Waals surface area contributed by atoms with Crippen molar-refractivity contribution in [2.24, 2.45) is 0 Å². The zero-order valence-corrected chi connectivity index (χ0v) is 7.17. The lowest BCUT2D eigenvalue weighted by Crippen LogP contribution is -2.05. The molecule has 1 aliphatic carbocycles. The third-order valence-corrected chi connectivity index (χ3v) is 1.57. The SMILES string of the molecule is CCC(=O)OCC1=CCC=C=C1. The van der Waals surface area contributed by atoms with Crippen LogP contribution in [0.25, 0.3) is 0 Å². The molecule has 0 heterocycles. The molecular formula is C10H12O2. The molecule has 0 saturated heterocycles. The van der Waals surface area contributed by atoms with Crippen LogP contribution in [-0.2, 0) is 9.53 Å². The van der Waals surface area contributed by atoms with Crippen LogP contribution < -0.4 is 0 Å². The van der Waals surface area contributed by atoms with Crippen LogP contribution in [0.1, 0.15) is 19.8 Å². The zero-order chi connectivity index (χ0) is 8.81. The number of rotatable bonds is 3. The summed E-state index contributed by atoms with van der Waals surface area (Å²) in [5.41, 5.74) is 3.99. The average molecular weight is 164 g/mol. The molecule has 0 aliphatic heterocycles. The van der Waals surface area contributed by atoms with Gasteiger partial charge in [0.2, 0.25) is 0 Å². The van der Waals surface area contributed by atoms with Crippen molar-refractivity contribution >= 4 is 5.97 Å². The van der Waals surface area contributed by atoms with E-state index >= 15 is 0 Å². The summed E-state index contributed by atoms with van der Waals surface area (Å²) >= 11 is 0. The number of esters is 1. The van der Waals surface area contributed by atoms with Gasteiger partial charge in [0.1, 0.15) is 6.61 Å². The molecule has 0 bridgehead atoms. The summed E-state index contributed by atoms with van der Waals surface area (Å²) in [6.45, 7) is 2.17. The highest BCUT2D eigenvalue weighted by molar-refractivity contribution is 5.69. The van der Waals surface area contributed by atoms with Crippen LogP contribution in [-0.4, -0.2) is 12.6 Å². The zero-order valence-electron chi connectivity index (χ0n) is 7.17. The van der Waals surface area contributed by atoms with Crippen LogP contribution in [0.5, 0.6) is 0 Å². The van der Waals surface area contributed by atoms with Crippen LogP contribution >= 0.6 is 0 Å². The lowest BCUT2D eigenvalue weighted by molar-refractivity contribution is -0.142. The van der Waals surface area contributed by atoms with Gasteiger partial charge in [-0.2, -0.15) is 0 Å². The minimum atomic E-state index is -0.154. The Kier molecular flexibility index (Phi) is 3.36. The van der Waals surface area contributed by atoms with E-state index in [0.717, 1.165) is 12.0 Å². The largest absolute Gasteiger partial charge is 0.461 e. The van der Waals surface area contributed by atoms with Crippen LogP contribution in [0, 0.1) is 0 Å². The van der Waals surface area contributed by atoms with E-state index in [1.54, 1.807) is 6.92 Å². The Balaban J connectivity index is 2.33. The highest BCUT2D eigenvalue weighted by Crippen LogP contribution is 2.04. The van der Waals surface area contributed by atoms with Crippen molar-refractivity contribution in [1.82, 2.24) is 0 Å². The molecule has 0 aromatic rings. The molecule has 0 aromatic carbocycles. The third-order valence-electron chi connectivity index (χ3n) is 1.57.